The molecular weight excluding hydrogens is 530 g/mol. The van der Waals surface area contributed by atoms with E-state index < -0.39 is 41.0 Å². The van der Waals surface area contributed by atoms with Crippen LogP contribution < -0.4 is 5.32 Å². The van der Waals surface area contributed by atoms with E-state index in [9.17, 15) is 31.1 Å². The van der Waals surface area contributed by atoms with Crippen LogP contribution in [0.3, 0.4) is 0 Å². The first-order chi connectivity index (χ1) is 16.4. The van der Waals surface area contributed by atoms with E-state index in [0.29, 0.717) is 16.8 Å². The fourth-order valence-corrected chi connectivity index (χ4v) is 3.91. The standard InChI is InChI=1S/C21H14F6N6OS.H2S/c1-11(14-6-5-12(20(22,23)24)8-15(14)21(25,26)27)33-10-13(9-29-33)30-17(34)19-32-31-18(35-19)16-4-2-3-7-28-16;/h2-11H,1H3,(H,30,34);1H2/t11-;/m0./s1. The van der Waals surface area contributed by atoms with Crippen molar-refractivity contribution in [3.8, 4) is 10.7 Å². The SMILES string of the molecule is C[C@@H](c1ccc(C(F)(F)F)cc1C(F)(F)F)n1cc(NC(=O)c2nnc(-c3ccccn3)s2)cn1.S. The van der Waals surface area contributed by atoms with Crippen LogP contribution in [0.4, 0.5) is 32.0 Å². The lowest BCUT2D eigenvalue weighted by Gasteiger charge is -2.20. The van der Waals surface area contributed by atoms with Gasteiger partial charge in [0.1, 0.15) is 5.69 Å². The third-order valence-electron chi connectivity index (χ3n) is 4.90. The number of rotatable bonds is 5. The van der Waals surface area contributed by atoms with Crippen LogP contribution in [0.1, 0.15) is 39.5 Å². The molecule has 15 heteroatoms. The topological polar surface area (TPSA) is 85.6 Å². The number of carbonyl (C=O) groups excluding carboxylic acids is 1. The van der Waals surface area contributed by atoms with Crippen molar-refractivity contribution in [2.45, 2.75) is 25.3 Å². The summed E-state index contributed by atoms with van der Waals surface area (Å²) in [5, 5.41) is 14.6. The molecule has 4 rings (SSSR count). The molecule has 1 aromatic carbocycles. The van der Waals surface area contributed by atoms with Gasteiger partial charge in [-0.2, -0.15) is 44.9 Å². The predicted molar refractivity (Wildman–Crippen MR) is 124 cm³/mol. The third kappa shape index (κ3) is 5.84. The molecule has 4 aromatic rings. The Kier molecular flexibility index (Phi) is 7.73. The van der Waals surface area contributed by atoms with Crippen molar-refractivity contribution in [3.63, 3.8) is 0 Å². The number of benzene rings is 1. The van der Waals surface area contributed by atoms with Gasteiger partial charge in [0.05, 0.1) is 29.1 Å². The van der Waals surface area contributed by atoms with E-state index in [4.69, 9.17) is 0 Å². The number of hydrogen-bond donors (Lipinski definition) is 1. The Hall–Kier alpha value is -3.46. The van der Waals surface area contributed by atoms with E-state index in [1.807, 2.05) is 0 Å². The van der Waals surface area contributed by atoms with Crippen molar-refractivity contribution < 1.29 is 31.1 Å². The summed E-state index contributed by atoms with van der Waals surface area (Å²) in [4.78, 5) is 16.6. The number of pyridine rings is 1. The van der Waals surface area contributed by atoms with Gasteiger partial charge < -0.3 is 5.32 Å². The van der Waals surface area contributed by atoms with Crippen molar-refractivity contribution in [2.75, 3.05) is 5.32 Å². The van der Waals surface area contributed by atoms with Gasteiger partial charge in [-0.05, 0) is 36.8 Å². The molecule has 0 radical (unpaired) electrons. The zero-order valence-electron chi connectivity index (χ0n) is 18.1. The summed E-state index contributed by atoms with van der Waals surface area (Å²) in [6, 6.07) is 5.52. The van der Waals surface area contributed by atoms with Crippen LogP contribution in [0.25, 0.3) is 10.7 Å². The minimum Gasteiger partial charge on any atom is -0.317 e. The number of anilines is 1. The monoisotopic (exact) mass is 546 g/mol. The fourth-order valence-electron chi connectivity index (χ4n) is 3.19. The molecule has 0 saturated carbocycles. The van der Waals surface area contributed by atoms with Gasteiger partial charge in [0.15, 0.2) is 5.01 Å². The molecule has 3 aromatic heterocycles. The van der Waals surface area contributed by atoms with E-state index >= 15 is 0 Å². The van der Waals surface area contributed by atoms with E-state index in [1.54, 1.807) is 24.4 Å². The first kappa shape index (κ1) is 27.1. The van der Waals surface area contributed by atoms with Crippen molar-refractivity contribution in [1.82, 2.24) is 25.0 Å². The molecule has 0 saturated heterocycles. The van der Waals surface area contributed by atoms with Gasteiger partial charge in [-0.3, -0.25) is 14.5 Å². The van der Waals surface area contributed by atoms with Gasteiger partial charge in [-0.1, -0.05) is 23.5 Å². The smallest absolute Gasteiger partial charge is 0.317 e. The summed E-state index contributed by atoms with van der Waals surface area (Å²) < 4.78 is 80.5. The molecule has 1 atom stereocenters. The number of nitrogens with zero attached hydrogens (tertiary/aromatic N) is 5. The molecule has 0 aliphatic rings. The van der Waals surface area contributed by atoms with Crippen LogP contribution in [-0.4, -0.2) is 30.9 Å². The molecule has 0 unspecified atom stereocenters. The lowest BCUT2D eigenvalue weighted by molar-refractivity contribution is -0.143. The Morgan fingerprint density at radius 2 is 1.81 bits per heavy atom. The molecular formula is C21H16F6N6OS2. The number of alkyl halides is 6. The number of nitrogens with one attached hydrogen (secondary N) is 1. The maximum Gasteiger partial charge on any atom is 0.416 e. The Labute approximate surface area is 210 Å². The van der Waals surface area contributed by atoms with E-state index in [0.717, 1.165) is 22.1 Å². The molecule has 0 spiro atoms. The highest BCUT2D eigenvalue weighted by molar-refractivity contribution is 7.59. The van der Waals surface area contributed by atoms with Crippen LogP contribution >= 0.6 is 24.8 Å². The second-order valence-electron chi connectivity index (χ2n) is 7.26. The first-order valence-corrected chi connectivity index (χ1v) is 10.6. The van der Waals surface area contributed by atoms with Gasteiger partial charge in [-0.25, -0.2) is 0 Å². The Morgan fingerprint density at radius 1 is 1.06 bits per heavy atom. The normalized spacial score (nSPS) is 12.6. The maximum atomic E-state index is 13.5. The van der Waals surface area contributed by atoms with Gasteiger partial charge in [0.25, 0.3) is 5.91 Å². The number of carbonyl (C=O) groups is 1. The highest BCUT2D eigenvalue weighted by Crippen LogP contribution is 2.39. The Morgan fingerprint density at radius 3 is 2.44 bits per heavy atom. The molecule has 0 aliphatic heterocycles. The molecule has 1 amide bonds. The predicted octanol–water partition coefficient (Wildman–Crippen LogP) is 5.81. The summed E-state index contributed by atoms with van der Waals surface area (Å²) in [6.07, 6.45) is -5.91. The van der Waals surface area contributed by atoms with Gasteiger partial charge in [0.2, 0.25) is 5.01 Å². The quantitative estimate of drug-likeness (QED) is 0.320. The van der Waals surface area contributed by atoms with Gasteiger partial charge in [0, 0.05) is 12.4 Å². The van der Waals surface area contributed by atoms with E-state index in [-0.39, 0.29) is 30.3 Å². The Bertz CT molecular complexity index is 1350. The highest BCUT2D eigenvalue weighted by Gasteiger charge is 2.39. The lowest BCUT2D eigenvalue weighted by atomic mass is 9.98. The molecule has 7 nitrogen and oxygen atoms in total. The summed E-state index contributed by atoms with van der Waals surface area (Å²) >= 11 is 0.990. The molecule has 3 heterocycles. The van der Waals surface area contributed by atoms with E-state index in [2.05, 4.69) is 25.6 Å². The van der Waals surface area contributed by atoms with Crippen molar-refractivity contribution in [3.05, 3.63) is 76.7 Å². The van der Waals surface area contributed by atoms with Gasteiger partial charge >= 0.3 is 12.4 Å². The third-order valence-corrected chi connectivity index (χ3v) is 5.84. The fraction of sp³-hybridized carbons (Fsp3) is 0.190. The van der Waals surface area contributed by atoms with Crippen molar-refractivity contribution in [1.29, 1.82) is 0 Å². The number of amides is 1. The highest BCUT2D eigenvalue weighted by atomic mass is 32.1. The molecule has 0 fully saturated rings. The van der Waals surface area contributed by atoms with Crippen molar-refractivity contribution in [2.24, 2.45) is 0 Å². The zero-order chi connectivity index (χ0) is 25.4. The molecule has 0 bridgehead atoms. The molecule has 0 aliphatic carbocycles. The summed E-state index contributed by atoms with van der Waals surface area (Å²) in [7, 11) is 0. The van der Waals surface area contributed by atoms with E-state index in [1.165, 1.54) is 19.3 Å². The van der Waals surface area contributed by atoms with Crippen molar-refractivity contribution >= 4 is 36.4 Å². The minimum absolute atomic E-state index is 0. The van der Waals surface area contributed by atoms with Crippen LogP contribution in [0.2, 0.25) is 0 Å². The molecule has 36 heavy (non-hydrogen) atoms. The zero-order valence-corrected chi connectivity index (χ0v) is 19.9. The second kappa shape index (κ2) is 10.3. The van der Waals surface area contributed by atoms with Crippen LogP contribution in [0, 0.1) is 0 Å². The first-order valence-electron chi connectivity index (χ1n) is 9.82. The Balaban J connectivity index is 0.00000361. The summed E-state index contributed by atoms with van der Waals surface area (Å²) in [5.41, 5.74) is -2.55. The van der Waals surface area contributed by atoms with Crippen LogP contribution in [0.15, 0.2) is 55.0 Å². The average Bonchev–Trinajstić information content (AvgIpc) is 3.48. The molecule has 190 valence electrons. The van der Waals surface area contributed by atoms with Crippen LogP contribution in [-0.2, 0) is 12.4 Å². The lowest BCUT2D eigenvalue weighted by Crippen LogP contribution is -2.17. The number of aromatic nitrogens is 5. The number of hydrogen-bond acceptors (Lipinski definition) is 6. The summed E-state index contributed by atoms with van der Waals surface area (Å²) in [6.45, 7) is 1.35. The van der Waals surface area contributed by atoms with Crippen LogP contribution in [0.5, 0.6) is 0 Å². The average molecular weight is 547 g/mol. The minimum atomic E-state index is -5.02. The largest absolute Gasteiger partial charge is 0.416 e. The van der Waals surface area contributed by atoms with Gasteiger partial charge in [-0.15, -0.1) is 10.2 Å². The molecule has 1 N–H and O–H groups in total. The maximum absolute atomic E-state index is 13.5. The number of halogens is 6. The second-order valence-corrected chi connectivity index (χ2v) is 8.24. The summed E-state index contributed by atoms with van der Waals surface area (Å²) in [5.74, 6) is -0.623.